The summed E-state index contributed by atoms with van der Waals surface area (Å²) < 4.78 is 4.49. The number of fused-ring (bicyclic) bond motifs is 6. The van der Waals surface area contributed by atoms with Crippen molar-refractivity contribution in [1.82, 2.24) is 19.1 Å². The SMILES string of the molecule is O=C(c1ccccc1)c1ccc(-c2cc(-c3ccc(C(=O)c4ccccc4)cc3)nc(-n3c4ccccc4c4ccc(-c5ccc6c(c5)c5ccccc5n6-c5ccccc5)cc43)n2)cc1. The highest BCUT2D eigenvalue weighted by Crippen LogP contribution is 2.38. The van der Waals surface area contributed by atoms with Gasteiger partial charge in [0.25, 0.3) is 0 Å². The third-order valence-corrected chi connectivity index (χ3v) is 12.6. The second-order valence-electron chi connectivity index (χ2n) is 16.5. The zero-order valence-corrected chi connectivity index (χ0v) is 35.5. The number of carbonyl (C=O) groups is 2. The fourth-order valence-electron chi connectivity index (χ4n) is 9.30. The summed E-state index contributed by atoms with van der Waals surface area (Å²) in [5.41, 5.74) is 13.1. The maximum atomic E-state index is 13.4. The molecule has 0 aliphatic heterocycles. The van der Waals surface area contributed by atoms with Crippen molar-refractivity contribution < 1.29 is 9.59 Å². The summed E-state index contributed by atoms with van der Waals surface area (Å²) >= 11 is 0. The zero-order chi connectivity index (χ0) is 44.1. The van der Waals surface area contributed by atoms with E-state index in [-0.39, 0.29) is 11.6 Å². The van der Waals surface area contributed by atoms with Gasteiger partial charge in [-0.05, 0) is 59.7 Å². The molecule has 3 heterocycles. The third-order valence-electron chi connectivity index (χ3n) is 12.6. The second kappa shape index (κ2) is 16.0. The summed E-state index contributed by atoms with van der Waals surface area (Å²) in [6.07, 6.45) is 0. The summed E-state index contributed by atoms with van der Waals surface area (Å²) in [5, 5.41) is 4.55. The highest BCUT2D eigenvalue weighted by molar-refractivity contribution is 6.13. The lowest BCUT2D eigenvalue weighted by Gasteiger charge is -2.13. The van der Waals surface area contributed by atoms with Gasteiger partial charge in [0.05, 0.1) is 33.5 Å². The number of carbonyl (C=O) groups excluding carboxylic acids is 2. The second-order valence-corrected chi connectivity index (χ2v) is 16.5. The van der Waals surface area contributed by atoms with Crippen molar-refractivity contribution in [2.24, 2.45) is 0 Å². The summed E-state index contributed by atoms with van der Waals surface area (Å²) in [6.45, 7) is 0. The van der Waals surface area contributed by atoms with Crippen LogP contribution < -0.4 is 0 Å². The number of aromatic nitrogens is 4. The van der Waals surface area contributed by atoms with Crippen molar-refractivity contribution in [3.63, 3.8) is 0 Å². The largest absolute Gasteiger partial charge is 0.309 e. The van der Waals surface area contributed by atoms with Gasteiger partial charge in [0.2, 0.25) is 5.95 Å². The standard InChI is InChI=1S/C60H38N4O2/c65-58(41-14-4-1-5-15-41)43-28-24-39(25-29-43)52-38-53(40-26-30-44(31-27-40)59(66)42-16-6-2-7-17-42)62-60(61-52)64-55-23-13-10-20-48(55)50-34-32-46(37-57(50)64)45-33-35-56-51(36-45)49-21-11-12-22-54(49)63(56)47-18-8-3-9-19-47/h1-38H. The monoisotopic (exact) mass is 846 g/mol. The highest BCUT2D eigenvalue weighted by Gasteiger charge is 2.20. The Bertz CT molecular complexity index is 3700. The Balaban J connectivity index is 1.02. The summed E-state index contributed by atoms with van der Waals surface area (Å²) in [4.78, 5) is 37.5. The summed E-state index contributed by atoms with van der Waals surface area (Å²) in [7, 11) is 0. The first-order valence-electron chi connectivity index (χ1n) is 22.0. The molecule has 6 heteroatoms. The molecule has 0 aliphatic rings. The van der Waals surface area contributed by atoms with Gasteiger partial charge in [0.1, 0.15) is 0 Å². The summed E-state index contributed by atoms with van der Waals surface area (Å²) in [5.74, 6) is 0.415. The van der Waals surface area contributed by atoms with Gasteiger partial charge in [-0.15, -0.1) is 0 Å². The lowest BCUT2D eigenvalue weighted by molar-refractivity contribution is 0.103. The summed E-state index contributed by atoms with van der Waals surface area (Å²) in [6, 6.07) is 76.7. The lowest BCUT2D eigenvalue weighted by atomic mass is 9.99. The van der Waals surface area contributed by atoms with E-state index < -0.39 is 0 Å². The molecular weight excluding hydrogens is 809 g/mol. The Morgan fingerprint density at radius 2 is 0.712 bits per heavy atom. The van der Waals surface area contributed by atoms with Gasteiger partial charge in [-0.1, -0.05) is 182 Å². The molecule has 6 nitrogen and oxygen atoms in total. The normalized spacial score (nSPS) is 11.5. The molecule has 0 amide bonds. The van der Waals surface area contributed by atoms with Gasteiger partial charge >= 0.3 is 0 Å². The third kappa shape index (κ3) is 6.68. The molecule has 0 fully saturated rings. The first-order chi connectivity index (χ1) is 32.6. The molecule has 0 bridgehead atoms. The van der Waals surface area contributed by atoms with Crippen LogP contribution in [0.4, 0.5) is 0 Å². The first kappa shape index (κ1) is 38.7. The molecule has 66 heavy (non-hydrogen) atoms. The van der Waals surface area contributed by atoms with Crippen LogP contribution in [-0.4, -0.2) is 30.7 Å². The molecular formula is C60H38N4O2. The van der Waals surface area contributed by atoms with Crippen LogP contribution >= 0.6 is 0 Å². The molecule has 9 aromatic carbocycles. The number of hydrogen-bond donors (Lipinski definition) is 0. The molecule has 12 rings (SSSR count). The van der Waals surface area contributed by atoms with E-state index in [0.29, 0.717) is 39.6 Å². The van der Waals surface area contributed by atoms with Crippen molar-refractivity contribution in [3.05, 3.63) is 253 Å². The van der Waals surface area contributed by atoms with E-state index in [1.165, 1.54) is 10.8 Å². The molecule has 12 aromatic rings. The van der Waals surface area contributed by atoms with E-state index in [4.69, 9.17) is 9.97 Å². The Labute approximate surface area is 380 Å². The average molecular weight is 847 g/mol. The minimum absolute atomic E-state index is 0.0430. The van der Waals surface area contributed by atoms with Gasteiger partial charge in [0, 0.05) is 60.6 Å². The smallest absolute Gasteiger partial charge is 0.235 e. The predicted molar refractivity (Wildman–Crippen MR) is 267 cm³/mol. The molecule has 0 radical (unpaired) electrons. The van der Waals surface area contributed by atoms with Crippen LogP contribution in [0, 0.1) is 0 Å². The maximum Gasteiger partial charge on any atom is 0.235 e. The van der Waals surface area contributed by atoms with E-state index >= 15 is 0 Å². The molecule has 3 aromatic heterocycles. The Morgan fingerprint density at radius 1 is 0.303 bits per heavy atom. The fourth-order valence-corrected chi connectivity index (χ4v) is 9.30. The van der Waals surface area contributed by atoms with Crippen molar-refractivity contribution in [3.8, 4) is 45.3 Å². The van der Waals surface area contributed by atoms with Crippen LogP contribution in [0.5, 0.6) is 0 Å². The van der Waals surface area contributed by atoms with E-state index in [9.17, 15) is 9.59 Å². The minimum Gasteiger partial charge on any atom is -0.309 e. The Hall–Kier alpha value is -9.00. The molecule has 0 spiro atoms. The van der Waals surface area contributed by atoms with E-state index in [1.54, 1.807) is 0 Å². The van der Waals surface area contributed by atoms with Crippen LogP contribution in [0.15, 0.2) is 231 Å². The van der Waals surface area contributed by atoms with Gasteiger partial charge < -0.3 is 4.57 Å². The molecule has 0 N–H and O–H groups in total. The number of ketones is 2. The van der Waals surface area contributed by atoms with E-state index in [2.05, 4.69) is 112 Å². The van der Waals surface area contributed by atoms with Crippen LogP contribution in [0.2, 0.25) is 0 Å². The lowest BCUT2D eigenvalue weighted by Crippen LogP contribution is -2.05. The van der Waals surface area contributed by atoms with E-state index in [1.807, 2.05) is 127 Å². The molecule has 0 saturated carbocycles. The van der Waals surface area contributed by atoms with Crippen LogP contribution in [0.25, 0.3) is 88.9 Å². The van der Waals surface area contributed by atoms with Crippen molar-refractivity contribution in [2.75, 3.05) is 0 Å². The van der Waals surface area contributed by atoms with Gasteiger partial charge in [-0.25, -0.2) is 9.97 Å². The Morgan fingerprint density at radius 3 is 1.29 bits per heavy atom. The van der Waals surface area contributed by atoms with Gasteiger partial charge in [-0.3, -0.25) is 14.2 Å². The quantitative estimate of drug-likeness (QED) is 0.136. The van der Waals surface area contributed by atoms with Crippen molar-refractivity contribution >= 4 is 55.2 Å². The molecule has 0 aliphatic carbocycles. The van der Waals surface area contributed by atoms with Crippen molar-refractivity contribution in [2.45, 2.75) is 0 Å². The number of hydrogen-bond acceptors (Lipinski definition) is 4. The number of rotatable bonds is 9. The number of nitrogens with zero attached hydrogens (tertiary/aromatic N) is 4. The molecule has 0 saturated heterocycles. The van der Waals surface area contributed by atoms with Crippen LogP contribution in [0.1, 0.15) is 31.8 Å². The topological polar surface area (TPSA) is 69.8 Å². The first-order valence-corrected chi connectivity index (χ1v) is 22.0. The highest BCUT2D eigenvalue weighted by atomic mass is 16.1. The van der Waals surface area contributed by atoms with Crippen LogP contribution in [0.3, 0.4) is 0 Å². The minimum atomic E-state index is -0.0430. The van der Waals surface area contributed by atoms with Crippen LogP contribution in [-0.2, 0) is 0 Å². The number of benzene rings is 9. The zero-order valence-electron chi connectivity index (χ0n) is 35.5. The predicted octanol–water partition coefficient (Wildman–Crippen LogP) is 14.1. The van der Waals surface area contributed by atoms with Crippen molar-refractivity contribution in [1.29, 1.82) is 0 Å². The molecule has 0 unspecified atom stereocenters. The molecule has 0 atom stereocenters. The van der Waals surface area contributed by atoms with Gasteiger partial charge in [0.15, 0.2) is 11.6 Å². The fraction of sp³-hybridized carbons (Fsp3) is 0. The Kier molecular flexibility index (Phi) is 9.35. The van der Waals surface area contributed by atoms with Gasteiger partial charge in [-0.2, -0.15) is 0 Å². The number of para-hydroxylation sites is 3. The average Bonchev–Trinajstić information content (AvgIpc) is 3.91. The maximum absolute atomic E-state index is 13.4. The molecule has 310 valence electrons. The van der Waals surface area contributed by atoms with E-state index in [0.717, 1.165) is 60.8 Å².